The summed E-state index contributed by atoms with van der Waals surface area (Å²) in [5, 5.41) is 16.9. The second-order valence-electron chi connectivity index (χ2n) is 9.85. The summed E-state index contributed by atoms with van der Waals surface area (Å²) >= 11 is 14.2. The molecular weight excluding hydrogens is 706 g/mol. The number of nitriles is 1. The molecule has 226 valence electrons. The molecule has 0 saturated carbocycles. The average Bonchev–Trinajstić information content (AvgIpc) is 2.97. The van der Waals surface area contributed by atoms with E-state index < -0.39 is 24.0 Å². The molecule has 12 heteroatoms. The van der Waals surface area contributed by atoms with Gasteiger partial charge >= 0.3 is 0 Å². The molecule has 0 aromatic heterocycles. The number of amides is 2. The number of methoxy groups -OCH3 is 1. The zero-order valence-corrected chi connectivity index (χ0v) is 27.7. The standard InChI is InChI=1S/C31H31Cl2IN4O5/c1-18(2)11-26(37-30(39)19(3)43-27-10-9-23(32)14-24(27)33)31(40)38-36-16-20-12-25(34)29(28(13-20)41-4)42-17-22-8-6-5-7-21(22)15-35/h5-10,12-14,16,18-19,26H,11,17H2,1-4H3,(H,37,39)(H,38,40)/b36-16-/t19-,26-/m1/s1. The molecule has 3 aromatic rings. The first-order valence-electron chi connectivity index (χ1n) is 13.3. The molecule has 2 atom stereocenters. The van der Waals surface area contributed by atoms with Crippen LogP contribution >= 0.6 is 45.8 Å². The smallest absolute Gasteiger partial charge is 0.262 e. The lowest BCUT2D eigenvalue weighted by atomic mass is 10.0. The lowest BCUT2D eigenvalue weighted by molar-refractivity contribution is -0.132. The lowest BCUT2D eigenvalue weighted by Crippen LogP contribution is -2.49. The minimum absolute atomic E-state index is 0.112. The van der Waals surface area contributed by atoms with Crippen molar-refractivity contribution in [2.24, 2.45) is 11.0 Å². The normalized spacial score (nSPS) is 12.3. The monoisotopic (exact) mass is 736 g/mol. The van der Waals surface area contributed by atoms with Crippen LogP contribution in [0.25, 0.3) is 0 Å². The molecule has 0 unspecified atom stereocenters. The second-order valence-corrected chi connectivity index (χ2v) is 11.9. The van der Waals surface area contributed by atoms with E-state index in [1.54, 1.807) is 37.3 Å². The molecule has 3 aromatic carbocycles. The van der Waals surface area contributed by atoms with Crippen LogP contribution in [0.5, 0.6) is 17.2 Å². The van der Waals surface area contributed by atoms with E-state index in [2.05, 4.69) is 44.5 Å². The van der Waals surface area contributed by atoms with Crippen LogP contribution in [0.2, 0.25) is 10.0 Å². The molecule has 0 aliphatic carbocycles. The van der Waals surface area contributed by atoms with Crippen LogP contribution in [0.3, 0.4) is 0 Å². The Balaban J connectivity index is 1.65. The summed E-state index contributed by atoms with van der Waals surface area (Å²) in [6, 6.07) is 16.8. The summed E-state index contributed by atoms with van der Waals surface area (Å²) in [5.74, 6) is 0.440. The molecule has 0 saturated heterocycles. The van der Waals surface area contributed by atoms with Gasteiger partial charge in [0.1, 0.15) is 18.4 Å². The predicted molar refractivity (Wildman–Crippen MR) is 175 cm³/mol. The van der Waals surface area contributed by atoms with E-state index in [0.717, 1.165) is 9.13 Å². The van der Waals surface area contributed by atoms with Crippen LogP contribution < -0.4 is 25.0 Å². The van der Waals surface area contributed by atoms with E-state index in [9.17, 15) is 14.9 Å². The van der Waals surface area contributed by atoms with Gasteiger partial charge in [0.25, 0.3) is 11.8 Å². The first kappa shape index (κ1) is 34.0. The van der Waals surface area contributed by atoms with Crippen molar-refractivity contribution in [3.63, 3.8) is 0 Å². The highest BCUT2D eigenvalue weighted by Crippen LogP contribution is 2.34. The fourth-order valence-electron chi connectivity index (χ4n) is 3.91. The maximum atomic E-state index is 13.0. The van der Waals surface area contributed by atoms with Crippen molar-refractivity contribution < 1.29 is 23.8 Å². The molecule has 0 spiro atoms. The summed E-state index contributed by atoms with van der Waals surface area (Å²) in [4.78, 5) is 25.9. The van der Waals surface area contributed by atoms with Gasteiger partial charge in [-0.05, 0) is 83.8 Å². The number of hydrogen-bond donors (Lipinski definition) is 2. The highest BCUT2D eigenvalue weighted by molar-refractivity contribution is 14.1. The number of ether oxygens (including phenoxy) is 3. The molecule has 43 heavy (non-hydrogen) atoms. The number of hydrogen-bond acceptors (Lipinski definition) is 7. The van der Waals surface area contributed by atoms with Crippen molar-refractivity contribution in [2.75, 3.05) is 7.11 Å². The van der Waals surface area contributed by atoms with Crippen molar-refractivity contribution in [1.82, 2.24) is 10.7 Å². The zero-order chi connectivity index (χ0) is 31.5. The van der Waals surface area contributed by atoms with E-state index in [4.69, 9.17) is 37.4 Å². The van der Waals surface area contributed by atoms with Gasteiger partial charge in [-0.3, -0.25) is 9.59 Å². The number of nitrogens with one attached hydrogen (secondary N) is 2. The number of carbonyl (C=O) groups excluding carboxylic acids is 2. The van der Waals surface area contributed by atoms with Crippen LogP contribution in [-0.2, 0) is 16.2 Å². The number of carbonyl (C=O) groups is 2. The van der Waals surface area contributed by atoms with Crippen molar-refractivity contribution in [3.8, 4) is 23.3 Å². The van der Waals surface area contributed by atoms with Gasteiger partial charge in [-0.15, -0.1) is 0 Å². The molecule has 2 amide bonds. The Hall–Kier alpha value is -3.53. The number of rotatable bonds is 13. The number of halogens is 3. The Morgan fingerprint density at radius 2 is 1.81 bits per heavy atom. The maximum Gasteiger partial charge on any atom is 0.262 e. The van der Waals surface area contributed by atoms with E-state index in [0.29, 0.717) is 39.8 Å². The number of nitrogens with zero attached hydrogens (tertiary/aromatic N) is 2. The number of benzene rings is 3. The first-order chi connectivity index (χ1) is 20.5. The fraction of sp³-hybridized carbons (Fsp3) is 0.290. The molecule has 0 aliphatic heterocycles. The van der Waals surface area contributed by atoms with Crippen molar-refractivity contribution >= 4 is 63.8 Å². The molecule has 3 rings (SSSR count). The Morgan fingerprint density at radius 1 is 1.07 bits per heavy atom. The molecular formula is C31H31Cl2IN4O5. The summed E-state index contributed by atoms with van der Waals surface area (Å²) in [6.45, 7) is 5.64. The van der Waals surface area contributed by atoms with Crippen LogP contribution in [0.15, 0.2) is 59.7 Å². The van der Waals surface area contributed by atoms with Gasteiger partial charge in [0.05, 0.1) is 33.5 Å². The van der Waals surface area contributed by atoms with Crippen molar-refractivity contribution in [1.29, 1.82) is 5.26 Å². The summed E-state index contributed by atoms with van der Waals surface area (Å²) in [5.41, 5.74) is 4.46. The fourth-order valence-corrected chi connectivity index (χ4v) is 5.15. The van der Waals surface area contributed by atoms with Crippen molar-refractivity contribution in [2.45, 2.75) is 45.9 Å². The topological polar surface area (TPSA) is 122 Å². The zero-order valence-electron chi connectivity index (χ0n) is 24.0. The Labute approximate surface area is 274 Å². The van der Waals surface area contributed by atoms with Gasteiger partial charge in [-0.25, -0.2) is 5.43 Å². The van der Waals surface area contributed by atoms with Crippen LogP contribution in [0, 0.1) is 20.8 Å². The Morgan fingerprint density at radius 3 is 2.49 bits per heavy atom. The van der Waals surface area contributed by atoms with Gasteiger partial charge in [0.15, 0.2) is 17.6 Å². The lowest BCUT2D eigenvalue weighted by Gasteiger charge is -2.22. The maximum absolute atomic E-state index is 13.0. The Kier molecular flexibility index (Phi) is 12.9. The predicted octanol–water partition coefficient (Wildman–Crippen LogP) is 6.51. The van der Waals surface area contributed by atoms with Crippen LogP contribution in [-0.4, -0.2) is 37.3 Å². The molecule has 0 heterocycles. The van der Waals surface area contributed by atoms with Gasteiger partial charge < -0.3 is 19.5 Å². The van der Waals surface area contributed by atoms with Crippen LogP contribution in [0.1, 0.15) is 43.9 Å². The molecule has 0 aliphatic rings. The summed E-state index contributed by atoms with van der Waals surface area (Å²) in [7, 11) is 1.52. The molecule has 0 bridgehead atoms. The van der Waals surface area contributed by atoms with E-state index in [1.807, 2.05) is 32.0 Å². The largest absolute Gasteiger partial charge is 0.493 e. The molecule has 0 fully saturated rings. The summed E-state index contributed by atoms with van der Waals surface area (Å²) < 4.78 is 18.0. The highest BCUT2D eigenvalue weighted by atomic mass is 127. The van der Waals surface area contributed by atoms with E-state index >= 15 is 0 Å². The molecule has 0 radical (unpaired) electrons. The van der Waals surface area contributed by atoms with Gasteiger partial charge in [-0.2, -0.15) is 10.4 Å². The third-order valence-corrected chi connectivity index (χ3v) is 7.39. The quantitative estimate of drug-likeness (QED) is 0.117. The SMILES string of the molecule is COc1cc(/C=N\NC(=O)[C@@H](CC(C)C)NC(=O)[C@@H](C)Oc2ccc(Cl)cc2Cl)cc(I)c1OCc1ccccc1C#N. The average molecular weight is 737 g/mol. The van der Waals surface area contributed by atoms with Gasteiger partial charge in [-0.1, -0.05) is 55.2 Å². The first-order valence-corrected chi connectivity index (χ1v) is 15.1. The van der Waals surface area contributed by atoms with E-state index in [1.165, 1.54) is 19.4 Å². The minimum atomic E-state index is -0.923. The molecule has 9 nitrogen and oxygen atoms in total. The van der Waals surface area contributed by atoms with Crippen LogP contribution in [0.4, 0.5) is 0 Å². The van der Waals surface area contributed by atoms with E-state index in [-0.39, 0.29) is 17.5 Å². The third-order valence-electron chi connectivity index (χ3n) is 6.06. The van der Waals surface area contributed by atoms with Gasteiger partial charge in [0, 0.05) is 10.6 Å². The second kappa shape index (κ2) is 16.4. The Bertz CT molecular complexity index is 1530. The highest BCUT2D eigenvalue weighted by Gasteiger charge is 2.25. The minimum Gasteiger partial charge on any atom is -0.493 e. The number of hydrazone groups is 1. The summed E-state index contributed by atoms with van der Waals surface area (Å²) in [6.07, 6.45) is 0.932. The van der Waals surface area contributed by atoms with Crippen molar-refractivity contribution in [3.05, 3.63) is 84.9 Å². The molecule has 2 N–H and O–H groups in total. The third kappa shape index (κ3) is 10.0. The van der Waals surface area contributed by atoms with Gasteiger partial charge in [0.2, 0.25) is 0 Å².